The number of thioether (sulfide) groups is 1. The molecule has 0 aromatic heterocycles. The van der Waals surface area contributed by atoms with Gasteiger partial charge in [-0.2, -0.15) is 5.10 Å². The molecule has 32 heavy (non-hydrogen) atoms. The van der Waals surface area contributed by atoms with E-state index < -0.39 is 11.9 Å². The zero-order valence-corrected chi connectivity index (χ0v) is 19.3. The van der Waals surface area contributed by atoms with Crippen LogP contribution in [0.1, 0.15) is 11.1 Å². The van der Waals surface area contributed by atoms with Crippen LogP contribution in [0.3, 0.4) is 0 Å². The number of halogens is 2. The molecule has 1 aliphatic rings. The van der Waals surface area contributed by atoms with Gasteiger partial charge in [-0.25, -0.2) is 4.79 Å². The molecule has 2 aromatic carbocycles. The molecule has 1 amide bonds. The molecule has 0 atom stereocenters. The predicted octanol–water partition coefficient (Wildman–Crippen LogP) is 4.19. The van der Waals surface area contributed by atoms with Crippen molar-refractivity contribution >= 4 is 58.2 Å². The number of carbonyl (C=O) groups is 2. The SMILES string of the molecule is COC(=O)/C=C1/S/C(=N\N=Cc2cccc(OC)c2OCc2c(Cl)cccc2Cl)NC1=O. The Bertz CT molecular complexity index is 1110. The number of nitrogens with zero attached hydrogens (tertiary/aromatic N) is 2. The second-order valence-electron chi connectivity index (χ2n) is 6.11. The lowest BCUT2D eigenvalue weighted by Gasteiger charge is -2.14. The van der Waals surface area contributed by atoms with Crippen LogP contribution in [-0.2, 0) is 20.9 Å². The third kappa shape index (κ3) is 5.82. The topological polar surface area (TPSA) is 98.6 Å². The fraction of sp³-hybridized carbons (Fsp3) is 0.143. The highest BCUT2D eigenvalue weighted by Crippen LogP contribution is 2.33. The van der Waals surface area contributed by atoms with Crippen molar-refractivity contribution in [1.82, 2.24) is 5.32 Å². The van der Waals surface area contributed by atoms with E-state index in [-0.39, 0.29) is 16.7 Å². The summed E-state index contributed by atoms with van der Waals surface area (Å²) in [5.74, 6) is -0.193. The number of benzene rings is 2. The van der Waals surface area contributed by atoms with Gasteiger partial charge in [-0.05, 0) is 36.0 Å². The van der Waals surface area contributed by atoms with Crippen molar-refractivity contribution in [1.29, 1.82) is 0 Å². The molecule has 1 fully saturated rings. The van der Waals surface area contributed by atoms with E-state index in [2.05, 4.69) is 20.3 Å². The fourth-order valence-corrected chi connectivity index (χ4v) is 3.79. The smallest absolute Gasteiger partial charge is 0.331 e. The molecule has 0 unspecified atom stereocenters. The van der Waals surface area contributed by atoms with Crippen molar-refractivity contribution in [2.24, 2.45) is 10.2 Å². The summed E-state index contributed by atoms with van der Waals surface area (Å²) in [5, 5.41) is 11.7. The third-order valence-corrected chi connectivity index (χ3v) is 5.71. The van der Waals surface area contributed by atoms with E-state index in [9.17, 15) is 9.59 Å². The number of nitrogens with one attached hydrogen (secondary N) is 1. The molecule has 2 aromatic rings. The first-order valence-electron chi connectivity index (χ1n) is 9.05. The molecule has 0 bridgehead atoms. The van der Waals surface area contributed by atoms with Gasteiger partial charge in [0.2, 0.25) is 0 Å². The number of para-hydroxylation sites is 1. The number of ether oxygens (including phenoxy) is 3. The van der Waals surface area contributed by atoms with Crippen LogP contribution in [0.5, 0.6) is 11.5 Å². The monoisotopic (exact) mass is 493 g/mol. The maximum Gasteiger partial charge on any atom is 0.331 e. The first-order valence-corrected chi connectivity index (χ1v) is 10.6. The van der Waals surface area contributed by atoms with Crippen LogP contribution in [0, 0.1) is 0 Å². The number of esters is 1. The Hall–Kier alpha value is -3.01. The molecule has 0 aliphatic carbocycles. The summed E-state index contributed by atoms with van der Waals surface area (Å²) in [4.78, 5) is 23.4. The van der Waals surface area contributed by atoms with Crippen LogP contribution in [0.2, 0.25) is 10.0 Å². The summed E-state index contributed by atoms with van der Waals surface area (Å²) in [6.45, 7) is 0.113. The molecule has 3 rings (SSSR count). The van der Waals surface area contributed by atoms with Crippen LogP contribution in [0.4, 0.5) is 0 Å². The maximum atomic E-state index is 11.9. The van der Waals surface area contributed by atoms with E-state index in [4.69, 9.17) is 32.7 Å². The highest BCUT2D eigenvalue weighted by Gasteiger charge is 2.25. The minimum atomic E-state index is -0.635. The number of amides is 1. The lowest BCUT2D eigenvalue weighted by atomic mass is 10.2. The Labute approximate surface area is 198 Å². The lowest BCUT2D eigenvalue weighted by Crippen LogP contribution is -2.19. The van der Waals surface area contributed by atoms with E-state index in [0.29, 0.717) is 32.7 Å². The van der Waals surface area contributed by atoms with Crippen LogP contribution in [0.15, 0.2) is 57.6 Å². The molecule has 166 valence electrons. The standard InChI is InChI=1S/C21H17Cl2N3O5S/c1-29-16-8-3-5-12(19(16)31-11-13-14(22)6-4-7-15(13)23)10-24-26-21-25-20(28)17(32-21)9-18(27)30-2/h3-10H,11H2,1-2H3,(H,25,26,28)/b17-9+,24-10?. The third-order valence-electron chi connectivity index (χ3n) is 4.10. The van der Waals surface area contributed by atoms with Gasteiger partial charge >= 0.3 is 5.97 Å². The van der Waals surface area contributed by atoms with Crippen molar-refractivity contribution in [3.63, 3.8) is 0 Å². The first-order chi connectivity index (χ1) is 15.4. The van der Waals surface area contributed by atoms with Crippen LogP contribution < -0.4 is 14.8 Å². The fourth-order valence-electron chi connectivity index (χ4n) is 2.55. The minimum Gasteiger partial charge on any atom is -0.493 e. The Kier molecular flexibility index (Phi) is 8.15. The Balaban J connectivity index is 1.79. The van der Waals surface area contributed by atoms with Gasteiger partial charge in [0.15, 0.2) is 16.7 Å². The normalized spacial score (nSPS) is 15.9. The van der Waals surface area contributed by atoms with Gasteiger partial charge in [-0.1, -0.05) is 35.3 Å². The van der Waals surface area contributed by atoms with Crippen molar-refractivity contribution in [2.45, 2.75) is 6.61 Å². The van der Waals surface area contributed by atoms with Crippen molar-refractivity contribution in [3.8, 4) is 11.5 Å². The number of methoxy groups -OCH3 is 2. The summed E-state index contributed by atoms with van der Waals surface area (Å²) >= 11 is 13.4. The minimum absolute atomic E-state index is 0.113. The predicted molar refractivity (Wildman–Crippen MR) is 125 cm³/mol. The molecule has 1 saturated heterocycles. The molecular formula is C21H17Cl2N3O5S. The Morgan fingerprint density at radius 3 is 2.56 bits per heavy atom. The van der Waals surface area contributed by atoms with Gasteiger partial charge in [0.25, 0.3) is 5.91 Å². The maximum absolute atomic E-state index is 11.9. The molecular weight excluding hydrogens is 477 g/mol. The zero-order valence-electron chi connectivity index (χ0n) is 16.9. The van der Waals surface area contributed by atoms with Gasteiger partial charge in [-0.15, -0.1) is 5.10 Å². The van der Waals surface area contributed by atoms with Crippen LogP contribution >= 0.6 is 35.0 Å². The number of hydrogen-bond donors (Lipinski definition) is 1. The Morgan fingerprint density at radius 1 is 1.16 bits per heavy atom. The summed E-state index contributed by atoms with van der Waals surface area (Å²) in [7, 11) is 2.75. The van der Waals surface area contributed by atoms with Crippen LogP contribution in [0.25, 0.3) is 0 Å². The molecule has 1 aliphatic heterocycles. The largest absolute Gasteiger partial charge is 0.493 e. The van der Waals surface area contributed by atoms with E-state index in [1.807, 2.05) is 0 Å². The van der Waals surface area contributed by atoms with Crippen molar-refractivity contribution in [2.75, 3.05) is 14.2 Å². The Morgan fingerprint density at radius 2 is 1.88 bits per heavy atom. The van der Waals surface area contributed by atoms with Crippen molar-refractivity contribution in [3.05, 3.63) is 68.6 Å². The first kappa shape index (κ1) is 23.6. The second-order valence-corrected chi connectivity index (χ2v) is 7.95. The number of hydrogen-bond acceptors (Lipinski definition) is 8. The number of amidine groups is 1. The number of carbonyl (C=O) groups excluding carboxylic acids is 2. The summed E-state index contributed by atoms with van der Waals surface area (Å²) in [6, 6.07) is 10.5. The average Bonchev–Trinajstić information content (AvgIpc) is 3.12. The highest BCUT2D eigenvalue weighted by molar-refractivity contribution is 8.18. The quantitative estimate of drug-likeness (QED) is 0.268. The van der Waals surface area contributed by atoms with Gasteiger partial charge in [0.1, 0.15) is 6.61 Å². The van der Waals surface area contributed by atoms with Crippen LogP contribution in [-0.4, -0.2) is 37.5 Å². The second kappa shape index (κ2) is 11.0. The summed E-state index contributed by atoms with van der Waals surface area (Å²) in [6.07, 6.45) is 2.54. The van der Waals surface area contributed by atoms with Gasteiger partial charge in [-0.3, -0.25) is 10.1 Å². The molecule has 11 heteroatoms. The van der Waals surface area contributed by atoms with Crippen molar-refractivity contribution < 1.29 is 23.8 Å². The lowest BCUT2D eigenvalue weighted by molar-refractivity contribution is -0.135. The van der Waals surface area contributed by atoms with Gasteiger partial charge < -0.3 is 14.2 Å². The van der Waals surface area contributed by atoms with Gasteiger partial charge in [0, 0.05) is 27.2 Å². The number of rotatable bonds is 7. The van der Waals surface area contributed by atoms with E-state index >= 15 is 0 Å². The zero-order chi connectivity index (χ0) is 23.1. The molecule has 0 saturated carbocycles. The summed E-state index contributed by atoms with van der Waals surface area (Å²) < 4.78 is 15.9. The van der Waals surface area contributed by atoms with E-state index in [0.717, 1.165) is 17.8 Å². The summed E-state index contributed by atoms with van der Waals surface area (Å²) in [5.41, 5.74) is 1.22. The molecule has 0 radical (unpaired) electrons. The van der Waals surface area contributed by atoms with Gasteiger partial charge in [0.05, 0.1) is 25.3 Å². The van der Waals surface area contributed by atoms with E-state index in [1.54, 1.807) is 36.4 Å². The highest BCUT2D eigenvalue weighted by atomic mass is 35.5. The average molecular weight is 494 g/mol. The molecule has 8 nitrogen and oxygen atoms in total. The molecule has 0 spiro atoms. The molecule has 1 N–H and O–H groups in total. The molecule has 1 heterocycles. The van der Waals surface area contributed by atoms with E-state index in [1.165, 1.54) is 20.4 Å².